The van der Waals surface area contributed by atoms with E-state index in [0.29, 0.717) is 11.6 Å². The highest BCUT2D eigenvalue weighted by molar-refractivity contribution is 5.94. The van der Waals surface area contributed by atoms with Crippen molar-refractivity contribution in [2.45, 2.75) is 5.92 Å². The molecule has 0 amide bonds. The van der Waals surface area contributed by atoms with Crippen LogP contribution in [0.5, 0.6) is 0 Å². The van der Waals surface area contributed by atoms with Crippen LogP contribution in [0.25, 0.3) is 0 Å². The molecule has 2 aromatic rings. The molecule has 1 heterocycles. The van der Waals surface area contributed by atoms with Gasteiger partial charge in [-0.05, 0) is 23.8 Å². The third-order valence-electron chi connectivity index (χ3n) is 3.68. The molecule has 0 aromatic heterocycles. The van der Waals surface area contributed by atoms with E-state index in [1.165, 1.54) is 11.6 Å². The van der Waals surface area contributed by atoms with Crippen LogP contribution in [0.15, 0.2) is 48.5 Å². The van der Waals surface area contributed by atoms with E-state index in [2.05, 4.69) is 12.1 Å². The van der Waals surface area contributed by atoms with Crippen LogP contribution in [0.4, 0.5) is 10.1 Å². The van der Waals surface area contributed by atoms with Crippen molar-refractivity contribution < 1.29 is 14.3 Å². The maximum atomic E-state index is 13.2. The molecule has 0 radical (unpaired) electrons. The number of benzene rings is 2. The van der Waals surface area contributed by atoms with Gasteiger partial charge in [0.1, 0.15) is 5.82 Å². The third kappa shape index (κ3) is 2.25. The summed E-state index contributed by atoms with van der Waals surface area (Å²) in [4.78, 5) is 13.1. The average molecular weight is 271 g/mol. The predicted molar refractivity (Wildman–Crippen MR) is 74.8 cm³/mol. The van der Waals surface area contributed by atoms with E-state index >= 15 is 0 Å². The molecule has 1 aliphatic rings. The second-order valence-corrected chi connectivity index (χ2v) is 4.98. The molecule has 0 bridgehead atoms. The number of anilines is 1. The Morgan fingerprint density at radius 3 is 2.50 bits per heavy atom. The van der Waals surface area contributed by atoms with Gasteiger partial charge in [-0.2, -0.15) is 0 Å². The number of aromatic carboxylic acids is 1. The Hall–Kier alpha value is -2.36. The van der Waals surface area contributed by atoms with E-state index in [9.17, 15) is 9.18 Å². The largest absolute Gasteiger partial charge is 0.478 e. The Labute approximate surface area is 116 Å². The van der Waals surface area contributed by atoms with Crippen LogP contribution >= 0.6 is 0 Å². The van der Waals surface area contributed by atoms with Crippen LogP contribution in [-0.4, -0.2) is 24.2 Å². The lowest BCUT2D eigenvalue weighted by Crippen LogP contribution is -2.45. The highest BCUT2D eigenvalue weighted by Gasteiger charge is 2.30. The number of carbonyl (C=O) groups is 1. The van der Waals surface area contributed by atoms with E-state index in [-0.39, 0.29) is 5.56 Å². The van der Waals surface area contributed by atoms with Gasteiger partial charge >= 0.3 is 5.97 Å². The summed E-state index contributed by atoms with van der Waals surface area (Å²) >= 11 is 0. The molecule has 3 rings (SSSR count). The molecule has 4 heteroatoms. The van der Waals surface area contributed by atoms with Gasteiger partial charge in [0.05, 0.1) is 11.3 Å². The van der Waals surface area contributed by atoms with Gasteiger partial charge in [0, 0.05) is 19.0 Å². The van der Waals surface area contributed by atoms with Crippen molar-refractivity contribution in [1.29, 1.82) is 0 Å². The zero-order chi connectivity index (χ0) is 14.1. The van der Waals surface area contributed by atoms with E-state index in [1.54, 1.807) is 6.07 Å². The van der Waals surface area contributed by atoms with Gasteiger partial charge in [0.15, 0.2) is 0 Å². The van der Waals surface area contributed by atoms with Crippen molar-refractivity contribution in [1.82, 2.24) is 0 Å². The maximum absolute atomic E-state index is 13.2. The number of nitrogens with zero attached hydrogens (tertiary/aromatic N) is 1. The fraction of sp³-hybridized carbons (Fsp3) is 0.188. The Kier molecular flexibility index (Phi) is 3.14. The van der Waals surface area contributed by atoms with Crippen molar-refractivity contribution in [2.24, 2.45) is 0 Å². The summed E-state index contributed by atoms with van der Waals surface area (Å²) < 4.78 is 13.2. The summed E-state index contributed by atoms with van der Waals surface area (Å²) in [6, 6.07) is 14.0. The topological polar surface area (TPSA) is 40.5 Å². The lowest BCUT2D eigenvalue weighted by atomic mass is 9.90. The molecule has 1 saturated heterocycles. The highest BCUT2D eigenvalue weighted by Crippen LogP contribution is 2.33. The Bertz CT molecular complexity index is 636. The van der Waals surface area contributed by atoms with Crippen LogP contribution in [0.1, 0.15) is 21.8 Å². The molecule has 102 valence electrons. The summed E-state index contributed by atoms with van der Waals surface area (Å²) in [6.45, 7) is 1.52. The fourth-order valence-electron chi connectivity index (χ4n) is 2.57. The lowest BCUT2D eigenvalue weighted by molar-refractivity contribution is 0.0696. The van der Waals surface area contributed by atoms with Crippen molar-refractivity contribution in [3.05, 3.63) is 65.5 Å². The second-order valence-electron chi connectivity index (χ2n) is 4.98. The van der Waals surface area contributed by atoms with Crippen LogP contribution < -0.4 is 4.90 Å². The first-order valence-corrected chi connectivity index (χ1v) is 6.48. The molecule has 3 nitrogen and oxygen atoms in total. The fourth-order valence-corrected chi connectivity index (χ4v) is 2.57. The summed E-state index contributed by atoms with van der Waals surface area (Å²) in [5, 5.41) is 9.15. The predicted octanol–water partition coefficient (Wildman–Crippen LogP) is 3.13. The molecule has 1 fully saturated rings. The van der Waals surface area contributed by atoms with E-state index < -0.39 is 11.8 Å². The SMILES string of the molecule is O=C(O)c1cc(F)ccc1N1CC(c2ccccc2)C1. The monoisotopic (exact) mass is 271 g/mol. The van der Waals surface area contributed by atoms with Crippen LogP contribution in [0.3, 0.4) is 0 Å². The summed E-state index contributed by atoms with van der Waals surface area (Å²) in [6.07, 6.45) is 0. The average Bonchev–Trinajstić information content (AvgIpc) is 2.39. The normalized spacial score (nSPS) is 14.9. The Morgan fingerprint density at radius 2 is 1.85 bits per heavy atom. The molecular weight excluding hydrogens is 257 g/mol. The zero-order valence-electron chi connectivity index (χ0n) is 10.8. The molecule has 20 heavy (non-hydrogen) atoms. The third-order valence-corrected chi connectivity index (χ3v) is 3.68. The van der Waals surface area contributed by atoms with E-state index in [4.69, 9.17) is 5.11 Å². The van der Waals surface area contributed by atoms with Crippen LogP contribution in [0, 0.1) is 5.82 Å². The second kappa shape index (κ2) is 4.96. The molecule has 0 spiro atoms. The first-order valence-electron chi connectivity index (χ1n) is 6.48. The standard InChI is InChI=1S/C16H14FNO2/c17-13-6-7-15(14(8-13)16(19)20)18-9-12(10-18)11-4-2-1-3-5-11/h1-8,12H,9-10H2,(H,19,20). The van der Waals surface area contributed by atoms with Crippen molar-refractivity contribution >= 4 is 11.7 Å². The van der Waals surface area contributed by atoms with Crippen molar-refractivity contribution in [3.63, 3.8) is 0 Å². The Balaban J connectivity index is 1.79. The number of rotatable bonds is 3. The molecule has 2 aromatic carbocycles. The van der Waals surface area contributed by atoms with E-state index in [1.807, 2.05) is 23.1 Å². The van der Waals surface area contributed by atoms with Crippen molar-refractivity contribution in [3.8, 4) is 0 Å². The van der Waals surface area contributed by atoms with Gasteiger partial charge in [-0.3, -0.25) is 0 Å². The molecule has 0 atom stereocenters. The number of hydrogen-bond donors (Lipinski definition) is 1. The smallest absolute Gasteiger partial charge is 0.337 e. The minimum Gasteiger partial charge on any atom is -0.478 e. The number of carboxylic acids is 1. The Morgan fingerprint density at radius 1 is 1.15 bits per heavy atom. The first kappa shape index (κ1) is 12.7. The molecule has 0 aliphatic carbocycles. The summed E-state index contributed by atoms with van der Waals surface area (Å²) in [7, 11) is 0. The first-order chi connectivity index (χ1) is 9.65. The molecule has 0 unspecified atom stereocenters. The zero-order valence-corrected chi connectivity index (χ0v) is 10.8. The molecule has 0 saturated carbocycles. The minimum absolute atomic E-state index is 0.0245. The molecule has 1 N–H and O–H groups in total. The highest BCUT2D eigenvalue weighted by atomic mass is 19.1. The van der Waals surface area contributed by atoms with Gasteiger partial charge in [0.25, 0.3) is 0 Å². The summed E-state index contributed by atoms with van der Waals surface area (Å²) in [5.41, 5.74) is 1.87. The van der Waals surface area contributed by atoms with Gasteiger partial charge in [-0.15, -0.1) is 0 Å². The minimum atomic E-state index is -1.09. The number of halogens is 1. The number of hydrogen-bond acceptors (Lipinski definition) is 2. The van der Waals surface area contributed by atoms with Gasteiger partial charge in [-0.1, -0.05) is 30.3 Å². The molecule has 1 aliphatic heterocycles. The quantitative estimate of drug-likeness (QED) is 0.932. The van der Waals surface area contributed by atoms with E-state index in [0.717, 1.165) is 19.2 Å². The number of carboxylic acid groups (broad SMARTS) is 1. The van der Waals surface area contributed by atoms with Gasteiger partial charge in [0.2, 0.25) is 0 Å². The van der Waals surface area contributed by atoms with Crippen LogP contribution in [0.2, 0.25) is 0 Å². The maximum Gasteiger partial charge on any atom is 0.337 e. The molecular formula is C16H14FNO2. The summed E-state index contributed by atoms with van der Waals surface area (Å²) in [5.74, 6) is -1.21. The van der Waals surface area contributed by atoms with Crippen molar-refractivity contribution in [2.75, 3.05) is 18.0 Å². The van der Waals surface area contributed by atoms with Gasteiger partial charge < -0.3 is 10.0 Å². The van der Waals surface area contributed by atoms with Crippen LogP contribution in [-0.2, 0) is 0 Å². The lowest BCUT2D eigenvalue weighted by Gasteiger charge is -2.42. The van der Waals surface area contributed by atoms with Gasteiger partial charge in [-0.25, -0.2) is 9.18 Å².